The van der Waals surface area contributed by atoms with Gasteiger partial charge < -0.3 is 4.74 Å². The van der Waals surface area contributed by atoms with Crippen LogP contribution in [0.4, 0.5) is 0 Å². The molecule has 1 aliphatic rings. The van der Waals surface area contributed by atoms with Gasteiger partial charge in [0, 0.05) is 6.20 Å². The van der Waals surface area contributed by atoms with E-state index in [-0.39, 0.29) is 6.10 Å². The zero-order valence-corrected chi connectivity index (χ0v) is 10.4. The van der Waals surface area contributed by atoms with Gasteiger partial charge in [0.25, 0.3) is 0 Å². The van der Waals surface area contributed by atoms with Crippen LogP contribution in [0.1, 0.15) is 38.7 Å². The minimum absolute atomic E-state index is 0.204. The Morgan fingerprint density at radius 3 is 2.65 bits per heavy atom. The Morgan fingerprint density at radius 1 is 1.29 bits per heavy atom. The van der Waals surface area contributed by atoms with Gasteiger partial charge in [0.15, 0.2) is 0 Å². The molecule has 2 unspecified atom stereocenters. The Morgan fingerprint density at radius 2 is 2.00 bits per heavy atom. The first-order valence-corrected chi connectivity index (χ1v) is 6.20. The second-order valence-corrected chi connectivity index (χ2v) is 5.13. The van der Waals surface area contributed by atoms with Gasteiger partial charge >= 0.3 is 0 Å². The van der Waals surface area contributed by atoms with E-state index in [1.165, 1.54) is 6.42 Å². The highest BCUT2D eigenvalue weighted by atomic mass is 16.5. The van der Waals surface area contributed by atoms with E-state index in [2.05, 4.69) is 24.9 Å². The highest BCUT2D eigenvalue weighted by Gasteiger charge is 2.26. The molecule has 0 amide bonds. The molecule has 1 saturated carbocycles. The molecule has 0 aromatic carbocycles. The highest BCUT2D eigenvalue weighted by Crippen LogP contribution is 2.31. The summed E-state index contributed by atoms with van der Waals surface area (Å²) in [6.45, 7) is 4.52. The molecule has 0 spiro atoms. The Balaban J connectivity index is 2.08. The molecule has 0 saturated heterocycles. The summed E-state index contributed by atoms with van der Waals surface area (Å²) in [6.07, 6.45) is 5.27. The topological polar surface area (TPSA) is 45.9 Å². The Labute approximate surface area is 102 Å². The van der Waals surface area contributed by atoms with Crippen LogP contribution in [0, 0.1) is 23.2 Å². The average Bonchev–Trinajstić information content (AvgIpc) is 2.28. The SMILES string of the molecule is CC1CC(C)CC(Oc2ncccc2C#N)C1. The molecule has 1 heterocycles. The van der Waals surface area contributed by atoms with Crippen molar-refractivity contribution in [1.29, 1.82) is 5.26 Å². The molecule has 3 heteroatoms. The van der Waals surface area contributed by atoms with Crippen molar-refractivity contribution in [3.8, 4) is 11.9 Å². The van der Waals surface area contributed by atoms with Gasteiger partial charge in [-0.2, -0.15) is 5.26 Å². The number of ether oxygens (including phenoxy) is 1. The molecule has 0 radical (unpaired) electrons. The van der Waals surface area contributed by atoms with Crippen LogP contribution in [0.3, 0.4) is 0 Å². The number of hydrogen-bond donors (Lipinski definition) is 0. The van der Waals surface area contributed by atoms with Gasteiger partial charge in [-0.3, -0.25) is 0 Å². The van der Waals surface area contributed by atoms with E-state index < -0.39 is 0 Å². The van der Waals surface area contributed by atoms with Crippen LogP contribution >= 0.6 is 0 Å². The van der Waals surface area contributed by atoms with E-state index in [4.69, 9.17) is 10.00 Å². The third-order valence-corrected chi connectivity index (χ3v) is 3.31. The van der Waals surface area contributed by atoms with E-state index in [9.17, 15) is 0 Å². The number of hydrogen-bond acceptors (Lipinski definition) is 3. The van der Waals surface area contributed by atoms with Gasteiger partial charge in [-0.05, 0) is 43.2 Å². The number of pyridine rings is 1. The predicted molar refractivity (Wildman–Crippen MR) is 65.5 cm³/mol. The van der Waals surface area contributed by atoms with Gasteiger partial charge in [-0.25, -0.2) is 4.98 Å². The summed E-state index contributed by atoms with van der Waals surface area (Å²) in [4.78, 5) is 4.15. The molecule has 0 bridgehead atoms. The van der Waals surface area contributed by atoms with Crippen LogP contribution in [-0.4, -0.2) is 11.1 Å². The summed E-state index contributed by atoms with van der Waals surface area (Å²) in [5.41, 5.74) is 0.526. The minimum Gasteiger partial charge on any atom is -0.473 e. The van der Waals surface area contributed by atoms with Crippen molar-refractivity contribution in [2.45, 2.75) is 39.2 Å². The van der Waals surface area contributed by atoms with E-state index in [1.807, 2.05) is 0 Å². The highest BCUT2D eigenvalue weighted by molar-refractivity contribution is 5.37. The first-order chi connectivity index (χ1) is 8.19. The van der Waals surface area contributed by atoms with Crippen molar-refractivity contribution in [3.05, 3.63) is 23.9 Å². The van der Waals surface area contributed by atoms with Crippen molar-refractivity contribution in [3.63, 3.8) is 0 Å². The van der Waals surface area contributed by atoms with Crippen molar-refractivity contribution in [1.82, 2.24) is 4.98 Å². The standard InChI is InChI=1S/C14H18N2O/c1-10-6-11(2)8-13(7-10)17-14-12(9-15)4-3-5-16-14/h3-5,10-11,13H,6-8H2,1-2H3. The van der Waals surface area contributed by atoms with Gasteiger partial charge in [-0.15, -0.1) is 0 Å². The summed E-state index contributed by atoms with van der Waals surface area (Å²) in [6, 6.07) is 5.63. The molecule has 1 aliphatic carbocycles. The van der Waals surface area contributed by atoms with Crippen molar-refractivity contribution >= 4 is 0 Å². The number of nitrogens with zero attached hydrogens (tertiary/aromatic N) is 2. The Hall–Kier alpha value is -1.56. The Bertz CT molecular complexity index is 414. The lowest BCUT2D eigenvalue weighted by Crippen LogP contribution is -2.29. The molecule has 1 aromatic heterocycles. The van der Waals surface area contributed by atoms with E-state index in [1.54, 1.807) is 18.3 Å². The molecule has 2 atom stereocenters. The van der Waals surface area contributed by atoms with Gasteiger partial charge in [0.2, 0.25) is 5.88 Å². The largest absolute Gasteiger partial charge is 0.473 e. The third-order valence-electron chi connectivity index (χ3n) is 3.31. The molecule has 1 aromatic rings. The van der Waals surface area contributed by atoms with E-state index in [0.717, 1.165) is 12.8 Å². The number of nitriles is 1. The zero-order valence-electron chi connectivity index (χ0n) is 10.4. The summed E-state index contributed by atoms with van der Waals surface area (Å²) >= 11 is 0. The van der Waals surface area contributed by atoms with Crippen molar-refractivity contribution < 1.29 is 4.74 Å². The first-order valence-electron chi connectivity index (χ1n) is 6.20. The molecule has 3 nitrogen and oxygen atoms in total. The second-order valence-electron chi connectivity index (χ2n) is 5.13. The number of rotatable bonds is 2. The van der Waals surface area contributed by atoms with E-state index >= 15 is 0 Å². The molecule has 1 fully saturated rings. The monoisotopic (exact) mass is 230 g/mol. The quantitative estimate of drug-likeness (QED) is 0.784. The lowest BCUT2D eigenvalue weighted by Gasteiger charge is -2.31. The Kier molecular flexibility index (Phi) is 3.63. The maximum Gasteiger partial charge on any atom is 0.231 e. The summed E-state index contributed by atoms with van der Waals surface area (Å²) in [5, 5.41) is 8.98. The van der Waals surface area contributed by atoms with Gasteiger partial charge in [0.1, 0.15) is 17.7 Å². The van der Waals surface area contributed by atoms with Crippen LogP contribution in [0.5, 0.6) is 5.88 Å². The van der Waals surface area contributed by atoms with E-state index in [0.29, 0.717) is 23.3 Å². The minimum atomic E-state index is 0.204. The molecular weight excluding hydrogens is 212 g/mol. The smallest absolute Gasteiger partial charge is 0.231 e. The fraction of sp³-hybridized carbons (Fsp3) is 0.571. The van der Waals surface area contributed by atoms with Crippen LogP contribution < -0.4 is 4.74 Å². The summed E-state index contributed by atoms with van der Waals surface area (Å²) < 4.78 is 5.88. The maximum atomic E-state index is 8.98. The third kappa shape index (κ3) is 2.97. The normalized spacial score (nSPS) is 28.4. The molecule has 2 rings (SSSR count). The maximum absolute atomic E-state index is 8.98. The van der Waals surface area contributed by atoms with Crippen LogP contribution in [-0.2, 0) is 0 Å². The second kappa shape index (κ2) is 5.18. The predicted octanol–water partition coefficient (Wildman–Crippen LogP) is 3.16. The molecule has 90 valence electrons. The number of aromatic nitrogens is 1. The molecular formula is C14H18N2O. The average molecular weight is 230 g/mol. The van der Waals surface area contributed by atoms with Gasteiger partial charge in [0.05, 0.1) is 0 Å². The van der Waals surface area contributed by atoms with Crippen molar-refractivity contribution in [2.75, 3.05) is 0 Å². The fourth-order valence-corrected chi connectivity index (χ4v) is 2.70. The lowest BCUT2D eigenvalue weighted by molar-refractivity contribution is 0.0964. The van der Waals surface area contributed by atoms with Crippen LogP contribution in [0.25, 0.3) is 0 Å². The summed E-state index contributed by atoms with van der Waals surface area (Å²) in [7, 11) is 0. The van der Waals surface area contributed by atoms with Gasteiger partial charge in [-0.1, -0.05) is 13.8 Å². The van der Waals surface area contributed by atoms with Crippen LogP contribution in [0.2, 0.25) is 0 Å². The van der Waals surface area contributed by atoms with Crippen LogP contribution in [0.15, 0.2) is 18.3 Å². The lowest BCUT2D eigenvalue weighted by atomic mass is 9.82. The fourth-order valence-electron chi connectivity index (χ4n) is 2.70. The zero-order chi connectivity index (χ0) is 12.3. The molecule has 0 N–H and O–H groups in total. The molecule has 17 heavy (non-hydrogen) atoms. The molecule has 0 aliphatic heterocycles. The van der Waals surface area contributed by atoms with Crippen molar-refractivity contribution in [2.24, 2.45) is 11.8 Å². The summed E-state index contributed by atoms with van der Waals surface area (Å²) in [5.74, 6) is 1.87. The first kappa shape index (κ1) is 11.9.